The molecule has 1 atom stereocenters. The molecule has 0 aliphatic rings. The van der Waals surface area contributed by atoms with Crippen LogP contribution in [0.25, 0.3) is 0 Å². The summed E-state index contributed by atoms with van der Waals surface area (Å²) in [5.41, 5.74) is 1.35. The predicted molar refractivity (Wildman–Crippen MR) is 79.9 cm³/mol. The van der Waals surface area contributed by atoms with Gasteiger partial charge in [-0.1, -0.05) is 37.6 Å². The topological polar surface area (TPSA) is 12.0 Å². The summed E-state index contributed by atoms with van der Waals surface area (Å²) >= 11 is 7.85. The van der Waals surface area contributed by atoms with Crippen LogP contribution in [0.2, 0.25) is 5.02 Å². The number of hydrogen-bond donors (Lipinski definition) is 1. The van der Waals surface area contributed by atoms with Crippen molar-refractivity contribution in [3.63, 3.8) is 0 Å². The van der Waals surface area contributed by atoms with Gasteiger partial charge in [0.15, 0.2) is 0 Å². The van der Waals surface area contributed by atoms with E-state index in [0.29, 0.717) is 0 Å². The lowest BCUT2D eigenvalue weighted by atomic mass is 10.2. The smallest absolute Gasteiger partial charge is 0.0406 e. The third-order valence-electron chi connectivity index (χ3n) is 2.50. The van der Waals surface area contributed by atoms with E-state index < -0.39 is 0 Å². The lowest BCUT2D eigenvalue weighted by molar-refractivity contribution is 0.557. The molecule has 0 radical (unpaired) electrons. The maximum atomic E-state index is 5.85. The van der Waals surface area contributed by atoms with Crippen LogP contribution in [0.1, 0.15) is 25.8 Å². The number of hydrogen-bond acceptors (Lipinski definition) is 2. The SMILES string of the molecule is CCCNCC(C)CSCc1ccc(Cl)cc1. The Kier molecular flexibility index (Phi) is 7.74. The molecule has 17 heavy (non-hydrogen) atoms. The van der Waals surface area contributed by atoms with Gasteiger partial charge in [0.25, 0.3) is 0 Å². The summed E-state index contributed by atoms with van der Waals surface area (Å²) in [7, 11) is 0. The molecular weight excluding hydrogens is 250 g/mol. The zero-order chi connectivity index (χ0) is 12.5. The quantitative estimate of drug-likeness (QED) is 0.711. The minimum Gasteiger partial charge on any atom is -0.316 e. The van der Waals surface area contributed by atoms with E-state index in [0.717, 1.165) is 29.8 Å². The molecule has 0 saturated carbocycles. The van der Waals surface area contributed by atoms with Crippen molar-refractivity contribution in [2.45, 2.75) is 26.0 Å². The Labute approximate surface area is 114 Å². The second-order valence-electron chi connectivity index (χ2n) is 4.45. The molecule has 0 aliphatic carbocycles. The fourth-order valence-corrected chi connectivity index (χ4v) is 2.73. The third-order valence-corrected chi connectivity index (χ3v) is 4.10. The summed E-state index contributed by atoms with van der Waals surface area (Å²) in [6.45, 7) is 6.76. The number of nitrogens with one attached hydrogen (secondary N) is 1. The summed E-state index contributed by atoms with van der Waals surface area (Å²) in [4.78, 5) is 0. The molecule has 1 N–H and O–H groups in total. The van der Waals surface area contributed by atoms with E-state index in [1.54, 1.807) is 0 Å². The Bertz CT molecular complexity index is 300. The summed E-state index contributed by atoms with van der Waals surface area (Å²) in [5, 5.41) is 4.28. The van der Waals surface area contributed by atoms with Crippen LogP contribution in [-0.4, -0.2) is 18.8 Å². The number of thioether (sulfide) groups is 1. The van der Waals surface area contributed by atoms with Crippen molar-refractivity contribution < 1.29 is 0 Å². The Hall–Kier alpha value is -0.180. The minimum absolute atomic E-state index is 0.735. The van der Waals surface area contributed by atoms with E-state index in [1.807, 2.05) is 23.9 Å². The summed E-state index contributed by atoms with van der Waals surface area (Å²) in [6, 6.07) is 8.14. The van der Waals surface area contributed by atoms with Gasteiger partial charge in [-0.25, -0.2) is 0 Å². The first-order valence-electron chi connectivity index (χ1n) is 6.25. The van der Waals surface area contributed by atoms with Crippen molar-refractivity contribution in [3.05, 3.63) is 34.9 Å². The summed E-state index contributed by atoms with van der Waals surface area (Å²) < 4.78 is 0. The average molecular weight is 272 g/mol. The van der Waals surface area contributed by atoms with Crippen LogP contribution in [0, 0.1) is 5.92 Å². The molecule has 0 saturated heterocycles. The van der Waals surface area contributed by atoms with E-state index in [9.17, 15) is 0 Å². The molecule has 0 bridgehead atoms. The molecule has 1 aromatic rings. The van der Waals surface area contributed by atoms with Gasteiger partial charge in [0.05, 0.1) is 0 Å². The lowest BCUT2D eigenvalue weighted by Gasteiger charge is -2.11. The van der Waals surface area contributed by atoms with E-state index in [4.69, 9.17) is 11.6 Å². The van der Waals surface area contributed by atoms with Gasteiger partial charge in [-0.05, 0) is 48.9 Å². The van der Waals surface area contributed by atoms with Gasteiger partial charge in [-0.15, -0.1) is 0 Å². The van der Waals surface area contributed by atoms with Crippen LogP contribution in [-0.2, 0) is 5.75 Å². The van der Waals surface area contributed by atoms with Crippen LogP contribution < -0.4 is 5.32 Å². The summed E-state index contributed by atoms with van der Waals surface area (Å²) in [6.07, 6.45) is 1.21. The maximum Gasteiger partial charge on any atom is 0.0406 e. The third kappa shape index (κ3) is 6.97. The molecule has 1 unspecified atom stereocenters. The molecule has 0 aliphatic heterocycles. The van der Waals surface area contributed by atoms with Crippen LogP contribution in [0.15, 0.2) is 24.3 Å². The maximum absolute atomic E-state index is 5.85. The molecular formula is C14H22ClNS. The fraction of sp³-hybridized carbons (Fsp3) is 0.571. The molecule has 0 aromatic heterocycles. The molecule has 0 heterocycles. The Morgan fingerprint density at radius 2 is 2.00 bits per heavy atom. The van der Waals surface area contributed by atoms with Crippen molar-refractivity contribution in [1.82, 2.24) is 5.32 Å². The highest BCUT2D eigenvalue weighted by atomic mass is 35.5. The highest BCUT2D eigenvalue weighted by molar-refractivity contribution is 7.98. The van der Waals surface area contributed by atoms with Gasteiger partial charge in [-0.2, -0.15) is 11.8 Å². The zero-order valence-corrected chi connectivity index (χ0v) is 12.3. The highest BCUT2D eigenvalue weighted by Crippen LogP contribution is 2.17. The van der Waals surface area contributed by atoms with Crippen LogP contribution in [0.5, 0.6) is 0 Å². The largest absolute Gasteiger partial charge is 0.316 e. The van der Waals surface area contributed by atoms with Crippen molar-refractivity contribution in [2.24, 2.45) is 5.92 Å². The molecule has 1 nitrogen and oxygen atoms in total. The number of benzene rings is 1. The second kappa shape index (κ2) is 8.84. The monoisotopic (exact) mass is 271 g/mol. The highest BCUT2D eigenvalue weighted by Gasteiger charge is 2.02. The number of halogens is 1. The fourth-order valence-electron chi connectivity index (χ4n) is 1.54. The second-order valence-corrected chi connectivity index (χ2v) is 5.92. The minimum atomic E-state index is 0.735. The lowest BCUT2D eigenvalue weighted by Crippen LogP contribution is -2.23. The molecule has 0 spiro atoms. The van der Waals surface area contributed by atoms with Gasteiger partial charge in [-0.3, -0.25) is 0 Å². The Morgan fingerprint density at radius 3 is 2.65 bits per heavy atom. The first-order valence-corrected chi connectivity index (χ1v) is 7.78. The van der Waals surface area contributed by atoms with Crippen molar-refractivity contribution in [2.75, 3.05) is 18.8 Å². The van der Waals surface area contributed by atoms with Gasteiger partial charge in [0.2, 0.25) is 0 Å². The van der Waals surface area contributed by atoms with E-state index in [2.05, 4.69) is 31.3 Å². The molecule has 1 rings (SSSR count). The summed E-state index contributed by atoms with van der Waals surface area (Å²) in [5.74, 6) is 3.02. The molecule has 0 fully saturated rings. The molecule has 96 valence electrons. The average Bonchev–Trinajstić information content (AvgIpc) is 2.32. The van der Waals surface area contributed by atoms with Crippen LogP contribution >= 0.6 is 23.4 Å². The standard InChI is InChI=1S/C14H22ClNS/c1-3-8-16-9-12(2)10-17-11-13-4-6-14(15)7-5-13/h4-7,12,16H,3,8-11H2,1-2H3. The van der Waals surface area contributed by atoms with E-state index >= 15 is 0 Å². The predicted octanol–water partition coefficient (Wildman–Crippen LogP) is 4.21. The molecule has 0 amide bonds. The van der Waals surface area contributed by atoms with Crippen LogP contribution in [0.3, 0.4) is 0 Å². The van der Waals surface area contributed by atoms with Crippen LogP contribution in [0.4, 0.5) is 0 Å². The molecule has 1 aromatic carbocycles. The van der Waals surface area contributed by atoms with Gasteiger partial charge in [0.1, 0.15) is 0 Å². The van der Waals surface area contributed by atoms with Crippen molar-refractivity contribution >= 4 is 23.4 Å². The molecule has 3 heteroatoms. The van der Waals surface area contributed by atoms with E-state index in [-0.39, 0.29) is 0 Å². The number of rotatable bonds is 8. The Morgan fingerprint density at radius 1 is 1.29 bits per heavy atom. The van der Waals surface area contributed by atoms with Gasteiger partial charge < -0.3 is 5.32 Å². The van der Waals surface area contributed by atoms with Gasteiger partial charge in [0, 0.05) is 10.8 Å². The Balaban J connectivity index is 2.12. The first-order chi connectivity index (χ1) is 8.22. The normalized spacial score (nSPS) is 12.6. The van der Waals surface area contributed by atoms with E-state index in [1.165, 1.54) is 17.7 Å². The first kappa shape index (κ1) is 14.9. The van der Waals surface area contributed by atoms with Gasteiger partial charge >= 0.3 is 0 Å². The zero-order valence-electron chi connectivity index (χ0n) is 10.7. The van der Waals surface area contributed by atoms with Crippen molar-refractivity contribution in [3.8, 4) is 0 Å². The van der Waals surface area contributed by atoms with Crippen molar-refractivity contribution in [1.29, 1.82) is 0 Å².